The number of quaternary nitrogens is 1. The number of rotatable bonds is 1. The van der Waals surface area contributed by atoms with Crippen LogP contribution in [-0.2, 0) is 0 Å². The third-order valence-electron chi connectivity index (χ3n) is 3.54. The lowest BCUT2D eigenvalue weighted by Crippen LogP contribution is -2.51. The third kappa shape index (κ3) is 1.07. The molecule has 0 spiro atoms. The van der Waals surface area contributed by atoms with Crippen LogP contribution in [0.15, 0.2) is 24.3 Å². The van der Waals surface area contributed by atoms with Gasteiger partial charge < -0.3 is 4.90 Å². The Morgan fingerprint density at radius 1 is 1.29 bits per heavy atom. The molecule has 1 atom stereocenters. The molecule has 2 rings (SSSR count). The quantitative estimate of drug-likeness (QED) is 0.616. The fraction of sp³-hybridized carbons (Fsp3) is 0.500. The molecule has 1 unspecified atom stereocenters. The normalized spacial score (nSPS) is 23.7. The fourth-order valence-electron chi connectivity index (χ4n) is 2.38. The first-order valence-electron chi connectivity index (χ1n) is 5.29. The molecule has 0 aliphatic carbocycles. The SMILES string of the molecule is CCN1c2ccccc2[N+](C)(C)C1C. The first kappa shape index (κ1) is 9.53. The molecule has 0 amide bonds. The van der Waals surface area contributed by atoms with Crippen molar-refractivity contribution in [3.8, 4) is 0 Å². The van der Waals surface area contributed by atoms with E-state index in [1.165, 1.54) is 11.4 Å². The third-order valence-corrected chi connectivity index (χ3v) is 3.54. The predicted molar refractivity (Wildman–Crippen MR) is 62.6 cm³/mol. The highest BCUT2D eigenvalue weighted by molar-refractivity contribution is 5.74. The Morgan fingerprint density at radius 3 is 2.57 bits per heavy atom. The van der Waals surface area contributed by atoms with Crippen molar-refractivity contribution >= 4 is 11.4 Å². The van der Waals surface area contributed by atoms with E-state index in [9.17, 15) is 0 Å². The number of nitrogens with zero attached hydrogens (tertiary/aromatic N) is 2. The summed E-state index contributed by atoms with van der Waals surface area (Å²) in [5.41, 5.74) is 2.83. The molecule has 1 aliphatic rings. The van der Waals surface area contributed by atoms with Crippen LogP contribution in [0.3, 0.4) is 0 Å². The van der Waals surface area contributed by atoms with E-state index in [2.05, 4.69) is 57.1 Å². The second kappa shape index (κ2) is 2.99. The minimum Gasteiger partial charge on any atom is -0.318 e. The van der Waals surface area contributed by atoms with Gasteiger partial charge in [-0.2, -0.15) is 0 Å². The van der Waals surface area contributed by atoms with Crippen LogP contribution in [-0.4, -0.2) is 26.8 Å². The van der Waals surface area contributed by atoms with Crippen LogP contribution in [0.1, 0.15) is 13.8 Å². The molecular weight excluding hydrogens is 172 g/mol. The maximum absolute atomic E-state index is 2.47. The van der Waals surface area contributed by atoms with Crippen molar-refractivity contribution in [3.05, 3.63) is 24.3 Å². The van der Waals surface area contributed by atoms with E-state index in [0.29, 0.717) is 6.17 Å². The van der Waals surface area contributed by atoms with Crippen molar-refractivity contribution in [1.82, 2.24) is 4.48 Å². The van der Waals surface area contributed by atoms with Crippen LogP contribution in [0, 0.1) is 0 Å². The molecule has 2 nitrogen and oxygen atoms in total. The second-order valence-corrected chi connectivity index (χ2v) is 4.45. The molecule has 0 fully saturated rings. The van der Waals surface area contributed by atoms with Crippen LogP contribution in [0.25, 0.3) is 0 Å². The van der Waals surface area contributed by atoms with Gasteiger partial charge in [-0.15, -0.1) is 0 Å². The zero-order valence-corrected chi connectivity index (χ0v) is 9.49. The van der Waals surface area contributed by atoms with Gasteiger partial charge in [0.05, 0.1) is 14.1 Å². The number of hydrogen-bond acceptors (Lipinski definition) is 1. The summed E-state index contributed by atoms with van der Waals surface area (Å²) in [5.74, 6) is 0. The Bertz CT molecular complexity index is 344. The maximum Gasteiger partial charge on any atom is 0.166 e. The molecule has 2 heteroatoms. The predicted octanol–water partition coefficient (Wildman–Crippen LogP) is 2.44. The molecule has 1 heterocycles. The van der Waals surface area contributed by atoms with Gasteiger partial charge in [-0.25, -0.2) is 0 Å². The van der Waals surface area contributed by atoms with E-state index in [1.54, 1.807) is 0 Å². The van der Waals surface area contributed by atoms with Gasteiger partial charge in [0, 0.05) is 19.5 Å². The minimum atomic E-state index is 0.539. The van der Waals surface area contributed by atoms with Crippen LogP contribution in [0.5, 0.6) is 0 Å². The van der Waals surface area contributed by atoms with Gasteiger partial charge in [0.25, 0.3) is 0 Å². The lowest BCUT2D eigenvalue weighted by Gasteiger charge is -2.32. The number of para-hydroxylation sites is 2. The summed E-state index contributed by atoms with van der Waals surface area (Å²) in [4.78, 5) is 2.47. The molecule has 1 aromatic carbocycles. The molecule has 1 aromatic rings. The summed E-state index contributed by atoms with van der Waals surface area (Å²) in [7, 11) is 4.55. The summed E-state index contributed by atoms with van der Waals surface area (Å²) >= 11 is 0. The number of benzene rings is 1. The summed E-state index contributed by atoms with van der Waals surface area (Å²) in [6.07, 6.45) is 0.539. The van der Waals surface area contributed by atoms with Gasteiger partial charge in [0.2, 0.25) is 0 Å². The molecular formula is C12H19N2+. The van der Waals surface area contributed by atoms with Gasteiger partial charge in [-0.05, 0) is 13.0 Å². The van der Waals surface area contributed by atoms with E-state index in [4.69, 9.17) is 0 Å². The average molecular weight is 191 g/mol. The van der Waals surface area contributed by atoms with E-state index < -0.39 is 0 Å². The molecule has 14 heavy (non-hydrogen) atoms. The van der Waals surface area contributed by atoms with Gasteiger partial charge in [0.1, 0.15) is 5.69 Å². The maximum atomic E-state index is 2.47. The molecule has 1 aliphatic heterocycles. The first-order chi connectivity index (χ1) is 6.59. The number of anilines is 1. The zero-order valence-electron chi connectivity index (χ0n) is 9.49. The van der Waals surface area contributed by atoms with E-state index in [1.807, 2.05) is 0 Å². The van der Waals surface area contributed by atoms with Crippen LogP contribution < -0.4 is 9.38 Å². The minimum absolute atomic E-state index is 0.539. The Balaban J connectivity index is 2.57. The molecule has 0 saturated carbocycles. The van der Waals surface area contributed by atoms with E-state index in [-0.39, 0.29) is 0 Å². The van der Waals surface area contributed by atoms with Crippen molar-refractivity contribution in [3.63, 3.8) is 0 Å². The smallest absolute Gasteiger partial charge is 0.166 e. The highest BCUT2D eigenvalue weighted by Crippen LogP contribution is 2.41. The lowest BCUT2D eigenvalue weighted by atomic mass is 10.2. The zero-order chi connectivity index (χ0) is 10.3. The Kier molecular flexibility index (Phi) is 2.04. The topological polar surface area (TPSA) is 3.24 Å². The van der Waals surface area contributed by atoms with Crippen LogP contribution >= 0.6 is 0 Å². The van der Waals surface area contributed by atoms with Crippen molar-refractivity contribution in [2.24, 2.45) is 0 Å². The van der Waals surface area contributed by atoms with Crippen molar-refractivity contribution in [2.45, 2.75) is 20.0 Å². The Morgan fingerprint density at radius 2 is 1.93 bits per heavy atom. The molecule has 0 radical (unpaired) electrons. The molecule has 76 valence electrons. The number of fused-ring (bicyclic) bond motifs is 1. The van der Waals surface area contributed by atoms with Gasteiger partial charge >= 0.3 is 0 Å². The summed E-state index contributed by atoms with van der Waals surface area (Å²) in [5, 5.41) is 0. The highest BCUT2D eigenvalue weighted by atomic mass is 15.5. The Hall–Kier alpha value is -1.02. The van der Waals surface area contributed by atoms with Crippen molar-refractivity contribution in [1.29, 1.82) is 0 Å². The monoisotopic (exact) mass is 191 g/mol. The molecule has 0 aromatic heterocycles. The first-order valence-corrected chi connectivity index (χ1v) is 5.29. The van der Waals surface area contributed by atoms with Gasteiger partial charge in [-0.1, -0.05) is 12.1 Å². The van der Waals surface area contributed by atoms with E-state index in [0.717, 1.165) is 11.0 Å². The van der Waals surface area contributed by atoms with Crippen LogP contribution in [0.4, 0.5) is 11.4 Å². The van der Waals surface area contributed by atoms with Crippen molar-refractivity contribution < 1.29 is 0 Å². The summed E-state index contributed by atoms with van der Waals surface area (Å²) in [6, 6.07) is 8.72. The van der Waals surface area contributed by atoms with Gasteiger partial charge in [0.15, 0.2) is 11.9 Å². The van der Waals surface area contributed by atoms with Gasteiger partial charge in [-0.3, -0.25) is 4.48 Å². The molecule has 0 bridgehead atoms. The highest BCUT2D eigenvalue weighted by Gasteiger charge is 2.41. The lowest BCUT2D eigenvalue weighted by molar-refractivity contribution is 0.327. The average Bonchev–Trinajstić information content (AvgIpc) is 2.37. The Labute approximate surface area is 86.3 Å². The summed E-state index contributed by atoms with van der Waals surface area (Å²) in [6.45, 7) is 5.60. The second-order valence-electron chi connectivity index (χ2n) is 4.45. The van der Waals surface area contributed by atoms with Crippen LogP contribution in [0.2, 0.25) is 0 Å². The standard InChI is InChI=1S/C12H19N2/c1-5-13-10(2)14(3,4)12-9-7-6-8-11(12)13/h6-10H,5H2,1-4H3/q+1. The largest absolute Gasteiger partial charge is 0.318 e. The van der Waals surface area contributed by atoms with E-state index >= 15 is 0 Å². The molecule has 0 N–H and O–H groups in total. The number of hydrogen-bond donors (Lipinski definition) is 0. The van der Waals surface area contributed by atoms with Crippen molar-refractivity contribution in [2.75, 3.05) is 25.5 Å². The molecule has 0 saturated heterocycles. The summed E-state index contributed by atoms with van der Waals surface area (Å²) < 4.78 is 0.962. The fourth-order valence-corrected chi connectivity index (χ4v) is 2.38.